The van der Waals surface area contributed by atoms with Gasteiger partial charge in [0.15, 0.2) is 0 Å². The summed E-state index contributed by atoms with van der Waals surface area (Å²) in [5.41, 5.74) is 9.97. The second kappa shape index (κ2) is 13.4. The van der Waals surface area contributed by atoms with Crippen molar-refractivity contribution in [3.63, 3.8) is 0 Å². The average molecular weight is 632 g/mol. The fourth-order valence-electron chi connectivity index (χ4n) is 4.52. The second-order valence-electron chi connectivity index (χ2n) is 14.5. The molecule has 8 N–H and O–H groups in total. The predicted octanol–water partition coefficient (Wildman–Crippen LogP) is 3.75. The molecule has 0 spiro atoms. The van der Waals surface area contributed by atoms with Gasteiger partial charge in [-0.1, -0.05) is 130 Å². The smallest absolute Gasteiger partial charge is 0.412 e. The molecule has 0 saturated carbocycles. The quantitative estimate of drug-likeness (QED) is 0.160. The first-order chi connectivity index (χ1) is 17.4. The SMILES string of the molecule is CC(C)(C)c1cc2[c](c(C(C)(C)C)c1)[Al][c]1c(cc(C(C)(C)C)cc1C(C)(C)C)C2.O.O=P(O)(O)O.O=P(O)(O)O. The molecular formula is C29H50AlO9P2. The van der Waals surface area contributed by atoms with Gasteiger partial charge in [0, 0.05) is 0 Å². The summed E-state index contributed by atoms with van der Waals surface area (Å²) in [5.74, 6) is 0. The van der Waals surface area contributed by atoms with Gasteiger partial charge in [0.25, 0.3) is 0 Å². The Bertz CT molecular complexity index is 1180. The molecule has 0 amide bonds. The van der Waals surface area contributed by atoms with E-state index in [1.165, 1.54) is 11.1 Å². The van der Waals surface area contributed by atoms with Crippen molar-refractivity contribution in [2.24, 2.45) is 0 Å². The van der Waals surface area contributed by atoms with Crippen LogP contribution < -0.4 is 8.85 Å². The molecule has 2 aromatic carbocycles. The second-order valence-corrected chi connectivity index (χ2v) is 18.0. The highest BCUT2D eigenvalue weighted by Crippen LogP contribution is 2.34. The summed E-state index contributed by atoms with van der Waals surface area (Å²) in [4.78, 5) is 43.1. The lowest BCUT2D eigenvalue weighted by Gasteiger charge is -2.36. The normalized spacial score (nSPS) is 13.7. The van der Waals surface area contributed by atoms with Gasteiger partial charge in [-0.2, -0.15) is 0 Å². The summed E-state index contributed by atoms with van der Waals surface area (Å²) in [6.45, 7) is 28.4. The van der Waals surface area contributed by atoms with E-state index < -0.39 is 15.6 Å². The summed E-state index contributed by atoms with van der Waals surface area (Å²) < 4.78 is 21.1. The molecule has 3 rings (SSSR count). The standard InChI is InChI=1S/C29H42.Al.2H3O4P.H2O/c1-26(2,3)22-14-20(15-23(18-22)27(4,5)6)13-21-16-24(28(7,8)9)19-25(17-21)29(10,11)12;;2*1-5(2,3)4;/h14,16,18-19H,13H2,1-12H3;;2*(H3,1,2,3,4);1H2. The van der Waals surface area contributed by atoms with E-state index in [0.29, 0.717) is 0 Å². The lowest BCUT2D eigenvalue weighted by Crippen LogP contribution is -2.46. The van der Waals surface area contributed by atoms with Crippen LogP contribution in [0.5, 0.6) is 0 Å². The molecule has 0 fully saturated rings. The summed E-state index contributed by atoms with van der Waals surface area (Å²) in [6.07, 6.45) is 1.08. The van der Waals surface area contributed by atoms with E-state index in [4.69, 9.17) is 38.5 Å². The Morgan fingerprint density at radius 3 is 0.976 bits per heavy atom. The first kappa shape index (κ1) is 40.2. The Hall–Kier alpha value is -0.848. The molecule has 41 heavy (non-hydrogen) atoms. The van der Waals surface area contributed by atoms with Gasteiger partial charge in [-0.05, 0) is 39.2 Å². The van der Waals surface area contributed by atoms with Crippen LogP contribution in [0.4, 0.5) is 0 Å². The number of fused-ring (bicyclic) bond motifs is 2. The minimum atomic E-state index is -4.64. The number of hydrogen-bond acceptors (Lipinski definition) is 2. The molecule has 1 heterocycles. The fraction of sp³-hybridized carbons (Fsp3) is 0.586. The van der Waals surface area contributed by atoms with Crippen molar-refractivity contribution in [2.45, 2.75) is 111 Å². The third-order valence-corrected chi connectivity index (χ3v) is 8.49. The van der Waals surface area contributed by atoms with Crippen LogP contribution in [0, 0.1) is 0 Å². The van der Waals surface area contributed by atoms with Crippen molar-refractivity contribution in [3.05, 3.63) is 57.6 Å². The Labute approximate surface area is 251 Å². The highest BCUT2D eigenvalue weighted by molar-refractivity contribution is 7.45. The molecule has 1 aliphatic heterocycles. The number of hydrogen-bond donors (Lipinski definition) is 6. The first-order valence-corrected chi connectivity index (χ1v) is 17.4. The molecular weight excluding hydrogens is 581 g/mol. The molecule has 1 aliphatic rings. The molecule has 233 valence electrons. The third kappa shape index (κ3) is 13.6. The van der Waals surface area contributed by atoms with E-state index in [0.717, 1.165) is 6.42 Å². The lowest BCUT2D eigenvalue weighted by atomic mass is 9.77. The van der Waals surface area contributed by atoms with E-state index in [-0.39, 0.29) is 42.4 Å². The molecule has 0 aliphatic carbocycles. The molecule has 12 heteroatoms. The van der Waals surface area contributed by atoms with Crippen LogP contribution in [0.15, 0.2) is 24.3 Å². The van der Waals surface area contributed by atoms with Gasteiger partial charge in [-0.25, -0.2) is 9.13 Å². The third-order valence-electron chi connectivity index (χ3n) is 6.55. The number of benzene rings is 2. The zero-order valence-corrected chi connectivity index (χ0v) is 29.4. The van der Waals surface area contributed by atoms with Gasteiger partial charge in [-0.3, -0.25) is 0 Å². The van der Waals surface area contributed by atoms with E-state index in [1.807, 2.05) is 0 Å². The van der Waals surface area contributed by atoms with Crippen LogP contribution >= 0.6 is 15.6 Å². The van der Waals surface area contributed by atoms with Crippen molar-refractivity contribution in [2.75, 3.05) is 0 Å². The first-order valence-electron chi connectivity index (χ1n) is 13.2. The van der Waals surface area contributed by atoms with Crippen molar-refractivity contribution in [1.82, 2.24) is 0 Å². The van der Waals surface area contributed by atoms with Crippen molar-refractivity contribution < 1.29 is 44.0 Å². The van der Waals surface area contributed by atoms with Gasteiger partial charge in [0.2, 0.25) is 0 Å². The van der Waals surface area contributed by atoms with Crippen LogP contribution in [0.1, 0.15) is 116 Å². The predicted molar refractivity (Wildman–Crippen MR) is 168 cm³/mol. The van der Waals surface area contributed by atoms with Crippen molar-refractivity contribution >= 4 is 39.7 Å². The van der Waals surface area contributed by atoms with Crippen LogP contribution in [0.2, 0.25) is 0 Å². The maximum atomic E-state index is 8.88. The molecule has 1 radical (unpaired) electrons. The Balaban J connectivity index is 0.00000125. The topological polar surface area (TPSA) is 187 Å². The minimum absolute atomic E-state index is 0. The van der Waals surface area contributed by atoms with Crippen LogP contribution in [-0.2, 0) is 37.2 Å². The monoisotopic (exact) mass is 631 g/mol. The molecule has 0 aromatic heterocycles. The Morgan fingerprint density at radius 2 is 0.780 bits per heavy atom. The summed E-state index contributed by atoms with van der Waals surface area (Å²) in [5, 5.41) is 0. The number of rotatable bonds is 0. The number of phosphoric acid groups is 2. The van der Waals surface area contributed by atoms with E-state index in [9.17, 15) is 0 Å². The summed E-state index contributed by atoms with van der Waals surface area (Å²) in [7, 11) is -9.28. The molecule has 9 nitrogen and oxygen atoms in total. The molecule has 0 bridgehead atoms. The highest BCUT2D eigenvalue weighted by atomic mass is 31.2. The maximum absolute atomic E-state index is 8.88. The fourth-order valence-corrected chi connectivity index (χ4v) is 6.89. The van der Waals surface area contributed by atoms with E-state index >= 15 is 0 Å². The molecule has 0 atom stereocenters. The lowest BCUT2D eigenvalue weighted by molar-refractivity contribution is 0.272. The van der Waals surface area contributed by atoms with E-state index in [1.54, 1.807) is 31.1 Å². The highest BCUT2D eigenvalue weighted by Gasteiger charge is 2.32. The van der Waals surface area contributed by atoms with Gasteiger partial charge in [0.1, 0.15) is 0 Å². The molecule has 2 aromatic rings. The van der Waals surface area contributed by atoms with Crippen LogP contribution in [-0.4, -0.2) is 50.1 Å². The molecule has 0 saturated heterocycles. The minimum Gasteiger partial charge on any atom is -0.412 e. The van der Waals surface area contributed by atoms with Gasteiger partial charge >= 0.3 is 30.9 Å². The van der Waals surface area contributed by atoms with Gasteiger partial charge in [-0.15, -0.1) is 8.85 Å². The van der Waals surface area contributed by atoms with Crippen molar-refractivity contribution in [1.29, 1.82) is 0 Å². The zero-order chi connectivity index (χ0) is 31.9. The Morgan fingerprint density at radius 1 is 0.537 bits per heavy atom. The Kier molecular flexibility index (Phi) is 13.1. The average Bonchev–Trinajstić information content (AvgIpc) is 2.65. The van der Waals surface area contributed by atoms with E-state index in [2.05, 4.69) is 107 Å². The van der Waals surface area contributed by atoms with Crippen molar-refractivity contribution in [3.8, 4) is 0 Å². The van der Waals surface area contributed by atoms with Gasteiger partial charge in [0.05, 0.1) is 0 Å². The summed E-state index contributed by atoms with van der Waals surface area (Å²) in [6, 6.07) is 10.1. The maximum Gasteiger partial charge on any atom is 0.466 e. The van der Waals surface area contributed by atoms with Gasteiger partial charge < -0.3 is 34.8 Å². The summed E-state index contributed by atoms with van der Waals surface area (Å²) >= 11 is 0.108. The molecule has 0 unspecified atom stereocenters. The largest absolute Gasteiger partial charge is 0.466 e. The van der Waals surface area contributed by atoms with Crippen LogP contribution in [0.25, 0.3) is 0 Å². The zero-order valence-electron chi connectivity index (χ0n) is 26.5. The van der Waals surface area contributed by atoms with Crippen LogP contribution in [0.3, 0.4) is 0 Å².